The fourth-order valence-corrected chi connectivity index (χ4v) is 2.31. The molecule has 25 heavy (non-hydrogen) atoms. The zero-order valence-electron chi connectivity index (χ0n) is 13.7. The minimum absolute atomic E-state index is 0.0848. The summed E-state index contributed by atoms with van der Waals surface area (Å²) in [5, 5.41) is 9.44. The first kappa shape index (κ1) is 16.7. The molecule has 7 nitrogen and oxygen atoms in total. The number of hydrogen-bond acceptors (Lipinski definition) is 4. The van der Waals surface area contributed by atoms with Gasteiger partial charge in [-0.15, -0.1) is 0 Å². The van der Waals surface area contributed by atoms with Gasteiger partial charge in [-0.2, -0.15) is 5.10 Å². The minimum atomic E-state index is -0.439. The van der Waals surface area contributed by atoms with Crippen LogP contribution in [0.2, 0.25) is 0 Å². The fourth-order valence-electron chi connectivity index (χ4n) is 2.31. The van der Waals surface area contributed by atoms with E-state index < -0.39 is 5.82 Å². The summed E-state index contributed by atoms with van der Waals surface area (Å²) >= 11 is 0. The van der Waals surface area contributed by atoms with Crippen LogP contribution in [0.15, 0.2) is 42.7 Å². The number of amides is 1. The highest BCUT2D eigenvalue weighted by Crippen LogP contribution is 2.16. The number of para-hydroxylation sites is 1. The van der Waals surface area contributed by atoms with Gasteiger partial charge in [0.2, 0.25) is 0 Å². The van der Waals surface area contributed by atoms with Gasteiger partial charge >= 0.3 is 0 Å². The van der Waals surface area contributed by atoms with E-state index in [1.807, 2.05) is 17.7 Å². The lowest BCUT2D eigenvalue weighted by atomic mass is 10.3. The molecule has 0 bridgehead atoms. The summed E-state index contributed by atoms with van der Waals surface area (Å²) < 4.78 is 20.8. The van der Waals surface area contributed by atoms with Crippen LogP contribution < -0.4 is 10.1 Å². The number of H-pyrrole nitrogens is 1. The van der Waals surface area contributed by atoms with E-state index in [0.717, 1.165) is 12.4 Å². The van der Waals surface area contributed by atoms with Crippen molar-refractivity contribution in [1.29, 1.82) is 0 Å². The van der Waals surface area contributed by atoms with Crippen molar-refractivity contribution in [2.45, 2.75) is 26.6 Å². The molecular formula is C17H18FN5O2. The molecule has 130 valence electrons. The average molecular weight is 343 g/mol. The maximum atomic E-state index is 13.5. The molecule has 3 rings (SSSR count). The number of imidazole rings is 1. The molecule has 0 spiro atoms. The van der Waals surface area contributed by atoms with Crippen LogP contribution >= 0.6 is 0 Å². The maximum Gasteiger partial charge on any atom is 0.272 e. The number of benzene rings is 1. The molecule has 0 saturated carbocycles. The third-order valence-electron chi connectivity index (χ3n) is 3.63. The molecule has 0 aliphatic carbocycles. The predicted octanol–water partition coefficient (Wildman–Crippen LogP) is 2.27. The highest BCUT2D eigenvalue weighted by molar-refractivity contribution is 5.92. The van der Waals surface area contributed by atoms with Gasteiger partial charge in [0.05, 0.1) is 12.2 Å². The molecule has 0 unspecified atom stereocenters. The normalized spacial score (nSPS) is 10.6. The molecule has 2 aromatic heterocycles. The van der Waals surface area contributed by atoms with Crippen molar-refractivity contribution in [2.75, 3.05) is 0 Å². The number of carbonyl (C=O) groups is 1. The molecule has 8 heteroatoms. The van der Waals surface area contributed by atoms with Gasteiger partial charge in [0.1, 0.15) is 18.1 Å². The largest absolute Gasteiger partial charge is 0.484 e. The number of ether oxygens (including phenoxy) is 1. The topological polar surface area (TPSA) is 84.8 Å². The first-order valence-corrected chi connectivity index (χ1v) is 7.87. The maximum absolute atomic E-state index is 13.5. The summed E-state index contributed by atoms with van der Waals surface area (Å²) in [7, 11) is 0. The van der Waals surface area contributed by atoms with Crippen molar-refractivity contribution >= 4 is 5.91 Å². The standard InChI is InChI=1S/C17H18FN5O2/c1-2-23-8-7-19-16(23)10-20-17(24)14-9-12(21-22-14)11-25-15-6-4-3-5-13(15)18/h3-9H,2,10-11H2,1H3,(H,20,24)(H,21,22). The van der Waals surface area contributed by atoms with Crippen LogP contribution in [0.3, 0.4) is 0 Å². The van der Waals surface area contributed by atoms with Crippen LogP contribution in [0, 0.1) is 5.82 Å². The molecule has 0 aliphatic rings. The molecule has 1 amide bonds. The number of aryl methyl sites for hydroxylation is 1. The van der Waals surface area contributed by atoms with E-state index in [9.17, 15) is 9.18 Å². The third kappa shape index (κ3) is 4.03. The summed E-state index contributed by atoms with van der Waals surface area (Å²) in [6.07, 6.45) is 3.55. The van der Waals surface area contributed by atoms with Crippen molar-refractivity contribution in [2.24, 2.45) is 0 Å². The number of nitrogens with zero attached hydrogens (tertiary/aromatic N) is 3. The summed E-state index contributed by atoms with van der Waals surface area (Å²) in [6, 6.07) is 7.70. The van der Waals surface area contributed by atoms with Crippen LogP contribution in [-0.2, 0) is 19.7 Å². The third-order valence-corrected chi connectivity index (χ3v) is 3.63. The second kappa shape index (κ2) is 7.61. The van der Waals surface area contributed by atoms with Gasteiger partial charge < -0.3 is 14.6 Å². The molecular weight excluding hydrogens is 325 g/mol. The van der Waals surface area contributed by atoms with E-state index in [1.165, 1.54) is 12.1 Å². The molecule has 1 aromatic carbocycles. The van der Waals surface area contributed by atoms with Gasteiger partial charge in [-0.05, 0) is 25.1 Å². The van der Waals surface area contributed by atoms with Crippen molar-refractivity contribution < 1.29 is 13.9 Å². The number of nitrogens with one attached hydrogen (secondary N) is 2. The Morgan fingerprint density at radius 3 is 3.04 bits per heavy atom. The van der Waals surface area contributed by atoms with Gasteiger partial charge in [-0.25, -0.2) is 9.37 Å². The van der Waals surface area contributed by atoms with Crippen molar-refractivity contribution in [3.05, 3.63) is 65.8 Å². The Morgan fingerprint density at radius 1 is 1.40 bits per heavy atom. The summed E-state index contributed by atoms with van der Waals surface area (Å²) in [6.45, 7) is 3.18. The zero-order valence-corrected chi connectivity index (χ0v) is 13.7. The van der Waals surface area contributed by atoms with Gasteiger partial charge in [0.25, 0.3) is 5.91 Å². The monoisotopic (exact) mass is 343 g/mol. The second-order valence-corrected chi connectivity index (χ2v) is 5.31. The Bertz CT molecular complexity index is 858. The first-order valence-electron chi connectivity index (χ1n) is 7.87. The molecule has 0 radical (unpaired) electrons. The fraction of sp³-hybridized carbons (Fsp3) is 0.235. The summed E-state index contributed by atoms with van der Waals surface area (Å²) in [5.41, 5.74) is 0.810. The van der Waals surface area contributed by atoms with E-state index in [0.29, 0.717) is 12.2 Å². The molecule has 2 N–H and O–H groups in total. The lowest BCUT2D eigenvalue weighted by Gasteiger charge is -2.05. The van der Waals surface area contributed by atoms with Gasteiger partial charge in [0, 0.05) is 18.9 Å². The molecule has 3 aromatic rings. The number of halogens is 1. The number of aromatic nitrogens is 4. The quantitative estimate of drug-likeness (QED) is 0.689. The van der Waals surface area contributed by atoms with E-state index in [1.54, 1.807) is 24.4 Å². The zero-order chi connectivity index (χ0) is 17.6. The lowest BCUT2D eigenvalue weighted by Crippen LogP contribution is -2.25. The summed E-state index contributed by atoms with van der Waals surface area (Å²) in [5.74, 6) is 0.162. The number of rotatable bonds is 7. The SMILES string of the molecule is CCn1ccnc1CNC(=O)c1cc(COc2ccccc2F)[nH]n1. The Kier molecular flexibility index (Phi) is 5.08. The lowest BCUT2D eigenvalue weighted by molar-refractivity contribution is 0.0944. The molecule has 0 fully saturated rings. The first-order chi connectivity index (χ1) is 12.2. The molecule has 2 heterocycles. The Morgan fingerprint density at radius 2 is 2.24 bits per heavy atom. The second-order valence-electron chi connectivity index (χ2n) is 5.31. The molecule has 0 aliphatic heterocycles. The van der Waals surface area contributed by atoms with Crippen LogP contribution in [0.1, 0.15) is 28.9 Å². The van der Waals surface area contributed by atoms with Gasteiger partial charge in [0.15, 0.2) is 11.6 Å². The van der Waals surface area contributed by atoms with Gasteiger partial charge in [-0.1, -0.05) is 12.1 Å². The highest BCUT2D eigenvalue weighted by Gasteiger charge is 2.12. The number of aromatic amines is 1. The van der Waals surface area contributed by atoms with Crippen molar-refractivity contribution in [3.63, 3.8) is 0 Å². The van der Waals surface area contributed by atoms with E-state index in [2.05, 4.69) is 20.5 Å². The van der Waals surface area contributed by atoms with Crippen LogP contribution in [0.4, 0.5) is 4.39 Å². The van der Waals surface area contributed by atoms with E-state index in [-0.39, 0.29) is 24.0 Å². The Labute approximate surface area is 143 Å². The summed E-state index contributed by atoms with van der Waals surface area (Å²) in [4.78, 5) is 16.3. The van der Waals surface area contributed by atoms with E-state index in [4.69, 9.17) is 4.74 Å². The molecule has 0 atom stereocenters. The van der Waals surface area contributed by atoms with Crippen LogP contribution in [0.25, 0.3) is 0 Å². The van der Waals surface area contributed by atoms with Crippen molar-refractivity contribution in [3.8, 4) is 5.75 Å². The Hall–Kier alpha value is -3.16. The average Bonchev–Trinajstić information content (AvgIpc) is 3.28. The number of hydrogen-bond donors (Lipinski definition) is 2. The molecule has 0 saturated heterocycles. The van der Waals surface area contributed by atoms with Crippen LogP contribution in [-0.4, -0.2) is 25.7 Å². The van der Waals surface area contributed by atoms with Crippen molar-refractivity contribution in [1.82, 2.24) is 25.1 Å². The predicted molar refractivity (Wildman–Crippen MR) is 88.4 cm³/mol. The smallest absolute Gasteiger partial charge is 0.272 e. The Balaban J connectivity index is 1.55. The number of carbonyl (C=O) groups excluding carboxylic acids is 1. The van der Waals surface area contributed by atoms with Gasteiger partial charge in [-0.3, -0.25) is 9.89 Å². The minimum Gasteiger partial charge on any atom is -0.484 e. The highest BCUT2D eigenvalue weighted by atomic mass is 19.1. The van der Waals surface area contributed by atoms with E-state index >= 15 is 0 Å². The van der Waals surface area contributed by atoms with Crippen LogP contribution in [0.5, 0.6) is 5.75 Å².